The number of carboxylic acid groups (broad SMARTS) is 1. The molecule has 0 radical (unpaired) electrons. The van der Waals surface area contributed by atoms with Crippen LogP contribution in [0.3, 0.4) is 0 Å². The van der Waals surface area contributed by atoms with E-state index in [0.717, 1.165) is 12.8 Å². The molecule has 2 rings (SSSR count). The standard InChI is InChI=1S/C14H21NO2S/c1-14(2,3)11-7-6-10(18-11)8-15-12(13(16)17)9-4-5-9/h6-7,9,12,15H,4-5,8H2,1-3H3,(H,16,17). The summed E-state index contributed by atoms with van der Waals surface area (Å²) in [7, 11) is 0. The molecule has 0 aromatic carbocycles. The second-order valence-electron chi connectivity index (χ2n) is 6.05. The van der Waals surface area contributed by atoms with Crippen LogP contribution in [0.2, 0.25) is 0 Å². The summed E-state index contributed by atoms with van der Waals surface area (Å²) in [6, 6.07) is 3.88. The van der Waals surface area contributed by atoms with E-state index < -0.39 is 5.97 Å². The van der Waals surface area contributed by atoms with Crippen molar-refractivity contribution in [1.29, 1.82) is 0 Å². The fourth-order valence-electron chi connectivity index (χ4n) is 1.97. The Kier molecular flexibility index (Phi) is 3.78. The SMILES string of the molecule is CC(C)(C)c1ccc(CNC(C(=O)O)C2CC2)s1. The van der Waals surface area contributed by atoms with Crippen molar-refractivity contribution in [2.75, 3.05) is 0 Å². The Balaban J connectivity index is 1.93. The number of rotatable bonds is 5. The first-order chi connectivity index (χ1) is 8.38. The first-order valence-corrected chi connectivity index (χ1v) is 7.25. The van der Waals surface area contributed by atoms with Gasteiger partial charge in [-0.1, -0.05) is 20.8 Å². The van der Waals surface area contributed by atoms with E-state index in [-0.39, 0.29) is 11.5 Å². The normalized spacial score (nSPS) is 17.7. The van der Waals surface area contributed by atoms with Gasteiger partial charge in [0.05, 0.1) is 0 Å². The zero-order valence-electron chi connectivity index (χ0n) is 11.2. The van der Waals surface area contributed by atoms with Gasteiger partial charge in [0.15, 0.2) is 0 Å². The summed E-state index contributed by atoms with van der Waals surface area (Å²) in [6.07, 6.45) is 2.09. The van der Waals surface area contributed by atoms with E-state index in [4.69, 9.17) is 5.11 Å². The topological polar surface area (TPSA) is 49.3 Å². The average molecular weight is 267 g/mol. The van der Waals surface area contributed by atoms with E-state index in [0.29, 0.717) is 12.5 Å². The molecule has 1 aliphatic rings. The predicted octanol–water partition coefficient (Wildman–Crippen LogP) is 3.00. The van der Waals surface area contributed by atoms with Crippen molar-refractivity contribution in [3.8, 4) is 0 Å². The molecule has 0 saturated heterocycles. The summed E-state index contributed by atoms with van der Waals surface area (Å²) in [5.74, 6) is -0.380. The maximum atomic E-state index is 11.1. The second kappa shape index (κ2) is 5.02. The Morgan fingerprint density at radius 3 is 2.61 bits per heavy atom. The van der Waals surface area contributed by atoms with Crippen LogP contribution in [-0.2, 0) is 16.8 Å². The summed E-state index contributed by atoms with van der Waals surface area (Å²) in [5.41, 5.74) is 0.172. The van der Waals surface area contributed by atoms with Crippen molar-refractivity contribution < 1.29 is 9.90 Å². The van der Waals surface area contributed by atoms with Gasteiger partial charge in [0.25, 0.3) is 0 Å². The van der Waals surface area contributed by atoms with Crippen molar-refractivity contribution in [2.45, 2.75) is 51.6 Å². The van der Waals surface area contributed by atoms with Gasteiger partial charge in [0.2, 0.25) is 0 Å². The molecule has 1 aliphatic carbocycles. The van der Waals surface area contributed by atoms with Crippen LogP contribution in [0.15, 0.2) is 12.1 Å². The van der Waals surface area contributed by atoms with Gasteiger partial charge in [-0.05, 0) is 36.3 Å². The highest BCUT2D eigenvalue weighted by atomic mass is 32.1. The zero-order chi connectivity index (χ0) is 13.3. The Hall–Kier alpha value is -0.870. The molecule has 1 fully saturated rings. The van der Waals surface area contributed by atoms with Gasteiger partial charge in [-0.2, -0.15) is 0 Å². The summed E-state index contributed by atoms with van der Waals surface area (Å²) in [5, 5.41) is 12.3. The summed E-state index contributed by atoms with van der Waals surface area (Å²) in [4.78, 5) is 13.7. The number of nitrogens with one attached hydrogen (secondary N) is 1. The van der Waals surface area contributed by atoms with Gasteiger partial charge in [0.1, 0.15) is 6.04 Å². The molecule has 0 amide bonds. The maximum absolute atomic E-state index is 11.1. The van der Waals surface area contributed by atoms with Crippen LogP contribution in [0.1, 0.15) is 43.4 Å². The van der Waals surface area contributed by atoms with Gasteiger partial charge in [-0.25, -0.2) is 0 Å². The number of carbonyl (C=O) groups is 1. The van der Waals surface area contributed by atoms with Gasteiger partial charge in [0, 0.05) is 16.3 Å². The minimum atomic E-state index is -0.717. The van der Waals surface area contributed by atoms with Crippen molar-refractivity contribution in [3.63, 3.8) is 0 Å². The Bertz CT molecular complexity index is 429. The van der Waals surface area contributed by atoms with Gasteiger partial charge < -0.3 is 5.11 Å². The third-order valence-corrected chi connectivity index (χ3v) is 4.77. The summed E-state index contributed by atoms with van der Waals surface area (Å²) < 4.78 is 0. The minimum Gasteiger partial charge on any atom is -0.480 e. The quantitative estimate of drug-likeness (QED) is 0.862. The van der Waals surface area contributed by atoms with E-state index >= 15 is 0 Å². The largest absolute Gasteiger partial charge is 0.480 e. The Labute approximate surface area is 112 Å². The highest BCUT2D eigenvalue weighted by Crippen LogP contribution is 2.33. The molecule has 1 atom stereocenters. The van der Waals surface area contributed by atoms with Crippen LogP contribution in [0.5, 0.6) is 0 Å². The van der Waals surface area contributed by atoms with Gasteiger partial charge >= 0.3 is 5.97 Å². The molecule has 100 valence electrons. The highest BCUT2D eigenvalue weighted by Gasteiger charge is 2.35. The monoisotopic (exact) mass is 267 g/mol. The van der Waals surface area contributed by atoms with E-state index in [1.54, 1.807) is 11.3 Å². The zero-order valence-corrected chi connectivity index (χ0v) is 12.0. The second-order valence-corrected chi connectivity index (χ2v) is 7.22. The maximum Gasteiger partial charge on any atom is 0.320 e. The highest BCUT2D eigenvalue weighted by molar-refractivity contribution is 7.12. The van der Waals surface area contributed by atoms with E-state index in [1.807, 2.05) is 0 Å². The molecule has 1 aromatic heterocycles. The Morgan fingerprint density at radius 2 is 2.17 bits per heavy atom. The van der Waals surface area contributed by atoms with Crippen molar-refractivity contribution in [3.05, 3.63) is 21.9 Å². The number of hydrogen-bond donors (Lipinski definition) is 2. The molecule has 3 nitrogen and oxygen atoms in total. The molecule has 2 N–H and O–H groups in total. The number of thiophene rings is 1. The van der Waals surface area contributed by atoms with E-state index in [1.165, 1.54) is 9.75 Å². The molecule has 1 aromatic rings. The molecule has 0 bridgehead atoms. The molecule has 1 unspecified atom stereocenters. The van der Waals surface area contributed by atoms with Crippen molar-refractivity contribution in [2.24, 2.45) is 5.92 Å². The fourth-order valence-corrected chi connectivity index (χ4v) is 2.99. The average Bonchev–Trinajstić information content (AvgIpc) is 2.94. The van der Waals surface area contributed by atoms with Crippen LogP contribution in [-0.4, -0.2) is 17.1 Å². The van der Waals surface area contributed by atoms with Crippen LogP contribution in [0, 0.1) is 5.92 Å². The first-order valence-electron chi connectivity index (χ1n) is 6.43. The lowest BCUT2D eigenvalue weighted by atomic mass is 9.95. The molecular formula is C14H21NO2S. The predicted molar refractivity (Wildman–Crippen MR) is 74.0 cm³/mol. The van der Waals surface area contributed by atoms with Crippen molar-refractivity contribution in [1.82, 2.24) is 5.32 Å². The molecular weight excluding hydrogens is 246 g/mol. The van der Waals surface area contributed by atoms with Crippen LogP contribution >= 0.6 is 11.3 Å². The lowest BCUT2D eigenvalue weighted by Crippen LogP contribution is -2.37. The fraction of sp³-hybridized carbons (Fsp3) is 0.643. The lowest BCUT2D eigenvalue weighted by molar-refractivity contribution is -0.140. The third kappa shape index (κ3) is 3.33. The summed E-state index contributed by atoms with van der Waals surface area (Å²) >= 11 is 1.77. The number of hydrogen-bond acceptors (Lipinski definition) is 3. The number of carboxylic acids is 1. The van der Waals surface area contributed by atoms with Crippen LogP contribution in [0.25, 0.3) is 0 Å². The molecule has 18 heavy (non-hydrogen) atoms. The van der Waals surface area contributed by atoms with E-state index in [9.17, 15) is 4.79 Å². The van der Waals surface area contributed by atoms with Crippen LogP contribution < -0.4 is 5.32 Å². The third-order valence-electron chi connectivity index (χ3n) is 3.26. The van der Waals surface area contributed by atoms with Gasteiger partial charge in [-0.15, -0.1) is 11.3 Å². The molecule has 1 heterocycles. The lowest BCUT2D eigenvalue weighted by Gasteiger charge is -2.15. The molecule has 0 spiro atoms. The molecule has 0 aliphatic heterocycles. The molecule has 4 heteroatoms. The summed E-state index contributed by atoms with van der Waals surface area (Å²) in [6.45, 7) is 7.25. The number of aliphatic carboxylic acids is 1. The Morgan fingerprint density at radius 1 is 1.50 bits per heavy atom. The van der Waals surface area contributed by atoms with Crippen LogP contribution in [0.4, 0.5) is 0 Å². The molecule has 1 saturated carbocycles. The first kappa shape index (κ1) is 13.6. The van der Waals surface area contributed by atoms with Crippen molar-refractivity contribution >= 4 is 17.3 Å². The smallest absolute Gasteiger partial charge is 0.320 e. The van der Waals surface area contributed by atoms with E-state index in [2.05, 4.69) is 38.2 Å². The van der Waals surface area contributed by atoms with Gasteiger partial charge in [-0.3, -0.25) is 10.1 Å². The minimum absolute atomic E-state index is 0.172.